The zero-order chi connectivity index (χ0) is 5.28. The Bertz CT molecular complexity index is 131. The molecule has 0 radical (unpaired) electrons. The molecule has 0 fully saturated rings. The van der Waals surface area contributed by atoms with Gasteiger partial charge in [-0.2, -0.15) is 0 Å². The summed E-state index contributed by atoms with van der Waals surface area (Å²) in [6, 6.07) is 0. The van der Waals surface area contributed by atoms with E-state index in [9.17, 15) is 0 Å². The third-order valence-electron chi connectivity index (χ3n) is 1.08. The molecule has 0 saturated heterocycles. The molecule has 39 valence electrons. The summed E-state index contributed by atoms with van der Waals surface area (Å²) in [5.41, 5.74) is 1.33. The van der Waals surface area contributed by atoms with Crippen LogP contribution in [-0.2, 0) is 16.0 Å². The van der Waals surface area contributed by atoms with E-state index in [-0.39, 0.29) is 0 Å². The third-order valence-corrected chi connectivity index (χ3v) is 1.74. The van der Waals surface area contributed by atoms with E-state index in [2.05, 4.69) is 35.1 Å². The molecule has 0 aromatic heterocycles. The maximum absolute atomic E-state index is 3.84. The van der Waals surface area contributed by atoms with Crippen LogP contribution in [0, 0.1) is 0 Å². The Kier molecular flexibility index (Phi) is 1.36. The second-order valence-corrected chi connectivity index (χ2v) is 2.35. The number of allylic oxidation sites excluding steroid dienone is 4. The third kappa shape index (κ3) is 0.960. The zero-order valence-electron chi connectivity index (χ0n) is 4.22. The summed E-state index contributed by atoms with van der Waals surface area (Å²) in [6.45, 7) is 2.09. The van der Waals surface area contributed by atoms with E-state index in [0.29, 0.717) is 0 Å². The van der Waals surface area contributed by atoms with Crippen molar-refractivity contribution in [1.29, 1.82) is 0 Å². The number of rotatable bonds is 0. The maximum atomic E-state index is 3.84. The van der Waals surface area contributed by atoms with Gasteiger partial charge in [-0.3, -0.25) is 0 Å². The Morgan fingerprint density at radius 3 is 2.57 bits per heavy atom. The van der Waals surface area contributed by atoms with Crippen molar-refractivity contribution < 1.29 is 16.0 Å². The molecule has 0 saturated carbocycles. The summed E-state index contributed by atoms with van der Waals surface area (Å²) in [5, 5.41) is 0. The van der Waals surface area contributed by atoms with Crippen LogP contribution in [0.5, 0.6) is 0 Å². The molecule has 0 spiro atoms. The summed E-state index contributed by atoms with van der Waals surface area (Å²) in [6.07, 6.45) is 5.31. The molecule has 7 heavy (non-hydrogen) atoms. The Balaban J connectivity index is 2.79. The average molecular weight is 135 g/mol. The van der Waals surface area contributed by atoms with Gasteiger partial charge in [0, 0.05) is 0 Å². The summed E-state index contributed by atoms with van der Waals surface area (Å²) in [7, 11) is 0. The molecule has 0 aromatic rings. The van der Waals surface area contributed by atoms with Gasteiger partial charge in [0.2, 0.25) is 0 Å². The summed E-state index contributed by atoms with van der Waals surface area (Å²) < 4.78 is 1.26. The Hall–Kier alpha value is -0.000519. The fourth-order valence-corrected chi connectivity index (χ4v) is 0.808. The van der Waals surface area contributed by atoms with E-state index < -0.39 is 0 Å². The minimum atomic E-state index is 1.06. The van der Waals surface area contributed by atoms with Gasteiger partial charge in [0.25, 0.3) is 0 Å². The van der Waals surface area contributed by atoms with E-state index in [1.54, 1.807) is 0 Å². The Morgan fingerprint density at radius 2 is 2.43 bits per heavy atom. The van der Waals surface area contributed by atoms with Crippen molar-refractivity contribution in [3.05, 3.63) is 22.2 Å². The van der Waals surface area contributed by atoms with Gasteiger partial charge in [-0.25, -0.2) is 0 Å². The monoisotopic (exact) mass is 135 g/mol. The molecule has 0 aromatic carbocycles. The molecule has 0 aliphatic heterocycles. The van der Waals surface area contributed by atoms with Crippen molar-refractivity contribution in [3.8, 4) is 0 Å². The number of hydrogen-bond acceptors (Lipinski definition) is 0. The SMILES string of the molecule is CC1=[C]([Fe])CC=C1. The van der Waals surface area contributed by atoms with Crippen LogP contribution in [0.1, 0.15) is 13.3 Å². The fourth-order valence-electron chi connectivity index (χ4n) is 0.586. The molecule has 1 aliphatic carbocycles. The Labute approximate surface area is 52.1 Å². The van der Waals surface area contributed by atoms with Crippen molar-refractivity contribution >= 4 is 0 Å². The van der Waals surface area contributed by atoms with Gasteiger partial charge in [0.15, 0.2) is 0 Å². The van der Waals surface area contributed by atoms with Crippen LogP contribution in [0.3, 0.4) is 0 Å². The van der Waals surface area contributed by atoms with E-state index in [0.717, 1.165) is 6.42 Å². The van der Waals surface area contributed by atoms with Crippen LogP contribution >= 0.6 is 0 Å². The van der Waals surface area contributed by atoms with Gasteiger partial charge < -0.3 is 0 Å². The zero-order valence-corrected chi connectivity index (χ0v) is 5.32. The predicted octanol–water partition coefficient (Wildman–Crippen LogP) is 1.77. The molecule has 0 bridgehead atoms. The van der Waals surface area contributed by atoms with Crippen molar-refractivity contribution in [2.45, 2.75) is 13.3 Å². The molecule has 0 N–H and O–H groups in total. The Morgan fingerprint density at radius 1 is 1.71 bits per heavy atom. The molecule has 1 heteroatoms. The van der Waals surface area contributed by atoms with Gasteiger partial charge in [0.05, 0.1) is 0 Å². The average Bonchev–Trinajstić information content (AvgIpc) is 1.91. The van der Waals surface area contributed by atoms with Gasteiger partial charge in [-0.05, 0) is 0 Å². The minimum absolute atomic E-state index is 1.06. The fraction of sp³-hybridized carbons (Fsp3) is 0.333. The molecular weight excluding hydrogens is 128 g/mol. The quantitative estimate of drug-likeness (QED) is 0.444. The summed E-state index contributed by atoms with van der Waals surface area (Å²) in [5.74, 6) is 0. The van der Waals surface area contributed by atoms with E-state index in [1.807, 2.05) is 0 Å². The normalized spacial score (nSPS) is 19.1. The van der Waals surface area contributed by atoms with Gasteiger partial charge >= 0.3 is 51.6 Å². The number of hydrogen-bond donors (Lipinski definition) is 0. The first-order chi connectivity index (χ1) is 3.30. The standard InChI is InChI=1S/C6H7.Fe/c1-6-4-2-3-5-6;/h2,4H,3H2,1H3;. The molecule has 1 rings (SSSR count). The van der Waals surface area contributed by atoms with Gasteiger partial charge in [0.1, 0.15) is 0 Å². The van der Waals surface area contributed by atoms with Crippen molar-refractivity contribution in [2.24, 2.45) is 0 Å². The summed E-state index contributed by atoms with van der Waals surface area (Å²) in [4.78, 5) is 0. The van der Waals surface area contributed by atoms with E-state index in [4.69, 9.17) is 0 Å². The first kappa shape index (κ1) is 5.14. The van der Waals surface area contributed by atoms with Crippen molar-refractivity contribution in [3.63, 3.8) is 0 Å². The van der Waals surface area contributed by atoms with E-state index in [1.165, 1.54) is 10.0 Å². The molecule has 0 nitrogen and oxygen atoms in total. The molecule has 0 atom stereocenters. The van der Waals surface area contributed by atoms with Gasteiger partial charge in [-0.15, -0.1) is 0 Å². The van der Waals surface area contributed by atoms with Crippen LogP contribution in [0.2, 0.25) is 0 Å². The van der Waals surface area contributed by atoms with Crippen molar-refractivity contribution in [1.82, 2.24) is 0 Å². The van der Waals surface area contributed by atoms with Crippen LogP contribution in [0.25, 0.3) is 0 Å². The van der Waals surface area contributed by atoms with Crippen molar-refractivity contribution in [2.75, 3.05) is 0 Å². The first-order valence-corrected chi connectivity index (χ1v) is 2.86. The molecular formula is C6H7Fe. The van der Waals surface area contributed by atoms with Crippen LogP contribution in [0.4, 0.5) is 0 Å². The second kappa shape index (κ2) is 1.85. The van der Waals surface area contributed by atoms with Crippen LogP contribution in [-0.4, -0.2) is 0 Å². The molecule has 1 aliphatic rings. The first-order valence-electron chi connectivity index (χ1n) is 2.31. The van der Waals surface area contributed by atoms with Gasteiger partial charge in [-0.1, -0.05) is 0 Å². The predicted molar refractivity (Wildman–Crippen MR) is 26.5 cm³/mol. The van der Waals surface area contributed by atoms with Crippen LogP contribution < -0.4 is 0 Å². The molecule has 0 heterocycles. The topological polar surface area (TPSA) is 0 Å². The van der Waals surface area contributed by atoms with Crippen LogP contribution in [0.15, 0.2) is 22.2 Å². The molecule has 0 unspecified atom stereocenters. The summed E-state index contributed by atoms with van der Waals surface area (Å²) >= 11 is 3.84. The van der Waals surface area contributed by atoms with E-state index >= 15 is 0 Å². The second-order valence-electron chi connectivity index (χ2n) is 1.68. The molecule has 0 amide bonds.